The first kappa shape index (κ1) is 7.29. The van der Waals surface area contributed by atoms with Crippen molar-refractivity contribution in [1.82, 2.24) is 4.98 Å². The van der Waals surface area contributed by atoms with E-state index in [1.807, 2.05) is 6.20 Å². The van der Waals surface area contributed by atoms with Gasteiger partial charge in [-0.3, -0.25) is 4.98 Å². The summed E-state index contributed by atoms with van der Waals surface area (Å²) in [7, 11) is 0. The zero-order chi connectivity index (χ0) is 7.84. The Morgan fingerprint density at radius 3 is 2.82 bits per heavy atom. The molecule has 1 aliphatic rings. The second-order valence-electron chi connectivity index (χ2n) is 3.15. The number of nitrogens with zero attached hydrogens (tertiary/aromatic N) is 1. The number of aryl methyl sites for hydroxylation is 1. The third kappa shape index (κ3) is 1.45. The molecule has 1 aromatic rings. The summed E-state index contributed by atoms with van der Waals surface area (Å²) in [5, 5.41) is 0. The van der Waals surface area contributed by atoms with Crippen LogP contribution in [0, 0.1) is 6.92 Å². The highest BCUT2D eigenvalue weighted by molar-refractivity contribution is 9.10. The van der Waals surface area contributed by atoms with Gasteiger partial charge in [0.2, 0.25) is 0 Å². The topological polar surface area (TPSA) is 12.9 Å². The Labute approximate surface area is 75.0 Å². The molecular formula is C9H10BrN. The van der Waals surface area contributed by atoms with Crippen molar-refractivity contribution in [3.63, 3.8) is 0 Å². The van der Waals surface area contributed by atoms with Crippen molar-refractivity contribution in [2.45, 2.75) is 25.7 Å². The van der Waals surface area contributed by atoms with Gasteiger partial charge in [-0.1, -0.05) is 0 Å². The monoisotopic (exact) mass is 211 g/mol. The van der Waals surface area contributed by atoms with E-state index >= 15 is 0 Å². The molecule has 0 atom stereocenters. The van der Waals surface area contributed by atoms with E-state index < -0.39 is 0 Å². The van der Waals surface area contributed by atoms with Gasteiger partial charge >= 0.3 is 0 Å². The van der Waals surface area contributed by atoms with Crippen molar-refractivity contribution in [2.75, 3.05) is 0 Å². The summed E-state index contributed by atoms with van der Waals surface area (Å²) in [6.07, 6.45) is 4.57. The molecule has 0 aromatic carbocycles. The van der Waals surface area contributed by atoms with Gasteiger partial charge in [0.25, 0.3) is 0 Å². The molecule has 1 heterocycles. The van der Waals surface area contributed by atoms with Crippen LogP contribution in [0.15, 0.2) is 16.7 Å². The minimum Gasteiger partial charge on any atom is -0.260 e. The lowest BCUT2D eigenvalue weighted by Crippen LogP contribution is -1.88. The Morgan fingerprint density at radius 2 is 2.27 bits per heavy atom. The van der Waals surface area contributed by atoms with Crippen molar-refractivity contribution < 1.29 is 0 Å². The number of aromatic nitrogens is 1. The molecule has 58 valence electrons. The quantitative estimate of drug-likeness (QED) is 0.697. The van der Waals surface area contributed by atoms with Gasteiger partial charge < -0.3 is 0 Å². The molecule has 0 aliphatic heterocycles. The predicted octanol–water partition coefficient (Wildman–Crippen LogP) is 3.03. The van der Waals surface area contributed by atoms with Gasteiger partial charge in [-0.2, -0.15) is 0 Å². The minimum absolute atomic E-state index is 0.741. The fourth-order valence-electron chi connectivity index (χ4n) is 1.20. The Kier molecular flexibility index (Phi) is 1.72. The van der Waals surface area contributed by atoms with Gasteiger partial charge in [0.1, 0.15) is 0 Å². The molecule has 0 unspecified atom stereocenters. The highest BCUT2D eigenvalue weighted by Gasteiger charge is 2.26. The van der Waals surface area contributed by atoms with Crippen molar-refractivity contribution in [3.8, 4) is 0 Å². The summed E-state index contributed by atoms with van der Waals surface area (Å²) in [5.74, 6) is 0.741. The van der Waals surface area contributed by atoms with Crippen LogP contribution in [-0.2, 0) is 0 Å². The molecule has 1 aliphatic carbocycles. The second-order valence-corrected chi connectivity index (χ2v) is 4.01. The van der Waals surface area contributed by atoms with Crippen LogP contribution in [0.5, 0.6) is 0 Å². The maximum Gasteiger partial charge on any atom is 0.0576 e. The summed E-state index contributed by atoms with van der Waals surface area (Å²) in [6, 6.07) is 2.14. The number of hydrogen-bond donors (Lipinski definition) is 0. The molecule has 0 N–H and O–H groups in total. The maximum absolute atomic E-state index is 4.39. The molecule has 1 aromatic heterocycles. The van der Waals surface area contributed by atoms with Crippen LogP contribution < -0.4 is 0 Å². The van der Waals surface area contributed by atoms with Crippen LogP contribution in [0.1, 0.15) is 30.0 Å². The SMILES string of the molecule is Cc1cnc(C2CC2)c(Br)c1. The van der Waals surface area contributed by atoms with E-state index in [1.54, 1.807) is 0 Å². The van der Waals surface area contributed by atoms with Crippen LogP contribution in [0.3, 0.4) is 0 Å². The molecule has 1 fully saturated rings. The van der Waals surface area contributed by atoms with Crippen molar-refractivity contribution >= 4 is 15.9 Å². The van der Waals surface area contributed by atoms with Crippen LogP contribution in [0.25, 0.3) is 0 Å². The fraction of sp³-hybridized carbons (Fsp3) is 0.444. The minimum atomic E-state index is 0.741. The molecular weight excluding hydrogens is 202 g/mol. The van der Waals surface area contributed by atoms with Crippen molar-refractivity contribution in [1.29, 1.82) is 0 Å². The molecule has 0 spiro atoms. The van der Waals surface area contributed by atoms with Gasteiger partial charge in [0.15, 0.2) is 0 Å². The smallest absolute Gasteiger partial charge is 0.0576 e. The summed E-state index contributed by atoms with van der Waals surface area (Å²) in [5.41, 5.74) is 2.47. The van der Waals surface area contributed by atoms with Crippen molar-refractivity contribution in [2.24, 2.45) is 0 Å². The highest BCUT2D eigenvalue weighted by atomic mass is 79.9. The van der Waals surface area contributed by atoms with Gasteiger partial charge in [-0.05, 0) is 47.3 Å². The summed E-state index contributed by atoms with van der Waals surface area (Å²) in [4.78, 5) is 4.39. The summed E-state index contributed by atoms with van der Waals surface area (Å²) >= 11 is 3.53. The largest absolute Gasteiger partial charge is 0.260 e. The van der Waals surface area contributed by atoms with Crippen LogP contribution in [0.2, 0.25) is 0 Å². The van der Waals surface area contributed by atoms with E-state index in [0.717, 1.165) is 5.92 Å². The average molecular weight is 212 g/mol. The zero-order valence-corrected chi connectivity index (χ0v) is 8.06. The van der Waals surface area contributed by atoms with E-state index in [9.17, 15) is 0 Å². The van der Waals surface area contributed by atoms with E-state index in [-0.39, 0.29) is 0 Å². The maximum atomic E-state index is 4.39. The second kappa shape index (κ2) is 2.59. The summed E-state index contributed by atoms with van der Waals surface area (Å²) in [6.45, 7) is 2.06. The predicted molar refractivity (Wildman–Crippen MR) is 48.6 cm³/mol. The van der Waals surface area contributed by atoms with Gasteiger partial charge in [0, 0.05) is 16.6 Å². The van der Waals surface area contributed by atoms with Crippen molar-refractivity contribution in [3.05, 3.63) is 28.0 Å². The molecule has 11 heavy (non-hydrogen) atoms. The first-order valence-corrected chi connectivity index (χ1v) is 4.68. The molecule has 2 rings (SSSR count). The van der Waals surface area contributed by atoms with E-state index in [4.69, 9.17) is 0 Å². The van der Waals surface area contributed by atoms with Gasteiger partial charge in [0.05, 0.1) is 5.69 Å². The number of pyridine rings is 1. The van der Waals surface area contributed by atoms with E-state index in [1.165, 1.54) is 28.6 Å². The lowest BCUT2D eigenvalue weighted by atomic mass is 10.2. The number of hydrogen-bond acceptors (Lipinski definition) is 1. The lowest BCUT2D eigenvalue weighted by molar-refractivity contribution is 1.00. The molecule has 0 amide bonds. The molecule has 1 saturated carbocycles. The molecule has 0 bridgehead atoms. The van der Waals surface area contributed by atoms with E-state index in [2.05, 4.69) is 33.9 Å². The lowest BCUT2D eigenvalue weighted by Gasteiger charge is -2.00. The Morgan fingerprint density at radius 1 is 1.55 bits per heavy atom. The van der Waals surface area contributed by atoms with Crippen LogP contribution in [0.4, 0.5) is 0 Å². The molecule has 0 radical (unpaired) electrons. The standard InChI is InChI=1S/C9H10BrN/c1-6-4-8(10)9(11-5-6)7-2-3-7/h4-5,7H,2-3H2,1H3. The Balaban J connectivity index is 2.39. The fourth-order valence-corrected chi connectivity index (χ4v) is 1.99. The zero-order valence-electron chi connectivity index (χ0n) is 6.47. The Hall–Kier alpha value is -0.370. The molecule has 2 heteroatoms. The third-order valence-electron chi connectivity index (χ3n) is 1.97. The van der Waals surface area contributed by atoms with Crippen LogP contribution in [-0.4, -0.2) is 4.98 Å². The van der Waals surface area contributed by atoms with Gasteiger partial charge in [-0.15, -0.1) is 0 Å². The molecule has 0 saturated heterocycles. The first-order valence-electron chi connectivity index (χ1n) is 3.89. The Bertz CT molecular complexity index is 279. The van der Waals surface area contributed by atoms with Crippen LogP contribution >= 0.6 is 15.9 Å². The van der Waals surface area contributed by atoms with E-state index in [0.29, 0.717) is 0 Å². The normalized spacial score (nSPS) is 16.9. The van der Waals surface area contributed by atoms with Gasteiger partial charge in [-0.25, -0.2) is 0 Å². The molecule has 1 nitrogen and oxygen atoms in total. The highest BCUT2D eigenvalue weighted by Crippen LogP contribution is 2.41. The summed E-state index contributed by atoms with van der Waals surface area (Å²) < 4.78 is 1.18. The number of halogens is 1. The first-order chi connectivity index (χ1) is 5.27. The third-order valence-corrected chi connectivity index (χ3v) is 2.61. The number of rotatable bonds is 1. The average Bonchev–Trinajstić information content (AvgIpc) is 2.70.